The third-order valence-electron chi connectivity index (χ3n) is 5.00. The Kier molecular flexibility index (Phi) is 3.81. The van der Waals surface area contributed by atoms with Crippen LogP contribution in [0.15, 0.2) is 24.5 Å². The number of hydrogen-bond acceptors (Lipinski definition) is 6. The second-order valence-electron chi connectivity index (χ2n) is 6.69. The first kappa shape index (κ1) is 17.1. The molecule has 2 aliphatic rings. The number of benzene rings is 1. The van der Waals surface area contributed by atoms with E-state index in [2.05, 4.69) is 19.9 Å². The van der Waals surface area contributed by atoms with Crippen LogP contribution in [-0.4, -0.2) is 39.7 Å². The lowest BCUT2D eigenvalue weighted by molar-refractivity contribution is -0.144. The van der Waals surface area contributed by atoms with E-state index in [-0.39, 0.29) is 17.5 Å². The maximum atomic E-state index is 13.3. The molecule has 10 heteroatoms. The molecular formula is C18H16F3N5O2. The average molecular weight is 391 g/mol. The van der Waals surface area contributed by atoms with Crippen molar-refractivity contribution < 1.29 is 22.6 Å². The van der Waals surface area contributed by atoms with Crippen LogP contribution in [0.3, 0.4) is 0 Å². The zero-order valence-corrected chi connectivity index (χ0v) is 14.7. The summed E-state index contributed by atoms with van der Waals surface area (Å²) in [5, 5.41) is 0. The maximum Gasteiger partial charge on any atom is 0.451 e. The number of ether oxygens (including phenoxy) is 2. The van der Waals surface area contributed by atoms with E-state index in [1.807, 2.05) is 23.1 Å². The van der Waals surface area contributed by atoms with Gasteiger partial charge in [0.05, 0.1) is 12.4 Å². The van der Waals surface area contributed by atoms with Gasteiger partial charge in [0.1, 0.15) is 18.7 Å². The largest absolute Gasteiger partial charge is 0.486 e. The van der Waals surface area contributed by atoms with Gasteiger partial charge in [-0.3, -0.25) is 0 Å². The Morgan fingerprint density at radius 2 is 2.00 bits per heavy atom. The highest BCUT2D eigenvalue weighted by Gasteiger charge is 2.38. The minimum atomic E-state index is -4.65. The Morgan fingerprint density at radius 1 is 1.14 bits per heavy atom. The molecule has 0 bridgehead atoms. The molecule has 7 nitrogen and oxygen atoms in total. The van der Waals surface area contributed by atoms with E-state index in [1.165, 1.54) is 6.33 Å². The van der Waals surface area contributed by atoms with E-state index in [1.54, 1.807) is 0 Å². The van der Waals surface area contributed by atoms with Crippen molar-refractivity contribution in [1.29, 1.82) is 0 Å². The lowest BCUT2D eigenvalue weighted by atomic mass is 10.0. The standard InChI is InChI=1S/C18H16F3N5O2/c19-18(20,21)17-24-15-13(22-9-23-15)16(25-17)26-6-2-4-11(26)10-3-1-5-12-14(10)28-8-7-27-12/h1,3,5,9,11H,2,4,6-8H2,(H,22,23,24,25). The van der Waals surface area contributed by atoms with E-state index in [0.29, 0.717) is 36.8 Å². The third kappa shape index (κ3) is 2.71. The third-order valence-corrected chi connectivity index (χ3v) is 5.00. The average Bonchev–Trinajstić information content (AvgIpc) is 3.35. The van der Waals surface area contributed by atoms with Gasteiger partial charge in [-0.15, -0.1) is 0 Å². The van der Waals surface area contributed by atoms with Gasteiger partial charge in [0.25, 0.3) is 0 Å². The van der Waals surface area contributed by atoms with Gasteiger partial charge in [-0.05, 0) is 18.9 Å². The van der Waals surface area contributed by atoms with Crippen molar-refractivity contribution in [3.05, 3.63) is 35.9 Å². The van der Waals surface area contributed by atoms with Gasteiger partial charge in [0.2, 0.25) is 5.82 Å². The van der Waals surface area contributed by atoms with Crippen molar-refractivity contribution >= 4 is 17.0 Å². The van der Waals surface area contributed by atoms with Crippen LogP contribution in [0.1, 0.15) is 30.3 Å². The van der Waals surface area contributed by atoms with Gasteiger partial charge in [-0.2, -0.15) is 13.2 Å². The molecular weight excluding hydrogens is 375 g/mol. The molecule has 0 aliphatic carbocycles. The monoisotopic (exact) mass is 391 g/mol. The summed E-state index contributed by atoms with van der Waals surface area (Å²) in [5.41, 5.74) is 1.27. The molecule has 1 fully saturated rings. The van der Waals surface area contributed by atoms with Crippen LogP contribution in [0.5, 0.6) is 11.5 Å². The molecule has 28 heavy (non-hydrogen) atoms. The number of fused-ring (bicyclic) bond motifs is 2. The smallest absolute Gasteiger partial charge is 0.451 e. The normalized spacial score (nSPS) is 19.4. The number of rotatable bonds is 2. The number of halogens is 3. The number of aromatic amines is 1. The summed E-state index contributed by atoms with van der Waals surface area (Å²) in [4.78, 5) is 16.1. The number of hydrogen-bond donors (Lipinski definition) is 1. The second kappa shape index (κ2) is 6.25. The maximum absolute atomic E-state index is 13.3. The summed E-state index contributed by atoms with van der Waals surface area (Å²) in [6.45, 7) is 1.48. The number of H-pyrrole nitrogens is 1. The highest BCUT2D eigenvalue weighted by molar-refractivity contribution is 5.83. The number of nitrogens with zero attached hydrogens (tertiary/aromatic N) is 4. The first-order valence-electron chi connectivity index (χ1n) is 8.96. The summed E-state index contributed by atoms with van der Waals surface area (Å²) in [6.07, 6.45) is -1.74. The predicted molar refractivity (Wildman–Crippen MR) is 93.4 cm³/mol. The fraction of sp³-hybridized carbons (Fsp3) is 0.389. The van der Waals surface area contributed by atoms with Crippen LogP contribution in [0.25, 0.3) is 11.2 Å². The van der Waals surface area contributed by atoms with E-state index < -0.39 is 12.0 Å². The molecule has 1 atom stereocenters. The van der Waals surface area contributed by atoms with Gasteiger partial charge < -0.3 is 19.4 Å². The number of imidazole rings is 1. The molecule has 1 unspecified atom stereocenters. The summed E-state index contributed by atoms with van der Waals surface area (Å²) in [7, 11) is 0. The molecule has 0 amide bonds. The van der Waals surface area contributed by atoms with E-state index in [9.17, 15) is 13.2 Å². The second-order valence-corrected chi connectivity index (χ2v) is 6.69. The fourth-order valence-electron chi connectivity index (χ4n) is 3.85. The minimum Gasteiger partial charge on any atom is -0.486 e. The Hall–Kier alpha value is -3.04. The van der Waals surface area contributed by atoms with Crippen LogP contribution in [0, 0.1) is 0 Å². The van der Waals surface area contributed by atoms with Gasteiger partial charge in [-0.1, -0.05) is 12.1 Å². The van der Waals surface area contributed by atoms with Gasteiger partial charge >= 0.3 is 6.18 Å². The van der Waals surface area contributed by atoms with Crippen molar-refractivity contribution in [2.75, 3.05) is 24.7 Å². The number of nitrogens with one attached hydrogen (secondary N) is 1. The van der Waals surface area contributed by atoms with Crippen LogP contribution < -0.4 is 14.4 Å². The topological polar surface area (TPSA) is 76.2 Å². The van der Waals surface area contributed by atoms with Crippen molar-refractivity contribution in [3.8, 4) is 11.5 Å². The van der Waals surface area contributed by atoms with Crippen molar-refractivity contribution in [2.24, 2.45) is 0 Å². The van der Waals surface area contributed by atoms with Crippen molar-refractivity contribution in [1.82, 2.24) is 19.9 Å². The zero-order valence-electron chi connectivity index (χ0n) is 14.7. The number of aromatic nitrogens is 4. The minimum absolute atomic E-state index is 0.00218. The molecule has 0 saturated carbocycles. The number of para-hydroxylation sites is 1. The Morgan fingerprint density at radius 3 is 2.86 bits per heavy atom. The number of alkyl halides is 3. The molecule has 1 N–H and O–H groups in total. The molecule has 3 aromatic rings. The Balaban J connectivity index is 1.63. The predicted octanol–water partition coefficient (Wildman–Crippen LogP) is 3.48. The van der Waals surface area contributed by atoms with Crippen molar-refractivity contribution in [3.63, 3.8) is 0 Å². The van der Waals surface area contributed by atoms with Crippen LogP contribution >= 0.6 is 0 Å². The summed E-state index contributed by atoms with van der Waals surface area (Å²) >= 11 is 0. The molecule has 146 valence electrons. The van der Waals surface area contributed by atoms with Crippen LogP contribution in [0.2, 0.25) is 0 Å². The Bertz CT molecular complexity index is 1040. The van der Waals surface area contributed by atoms with Gasteiger partial charge in [-0.25, -0.2) is 15.0 Å². The Labute approximate surface area is 157 Å². The summed E-state index contributed by atoms with van der Waals surface area (Å²) < 4.78 is 51.4. The molecule has 4 heterocycles. The zero-order chi connectivity index (χ0) is 19.3. The quantitative estimate of drug-likeness (QED) is 0.721. The SMILES string of the molecule is FC(F)(F)c1nc(N2CCCC2c2cccc3c2OCCO3)c2[nH]cnc2n1. The van der Waals surface area contributed by atoms with Crippen molar-refractivity contribution in [2.45, 2.75) is 25.1 Å². The number of anilines is 1. The molecule has 1 aromatic carbocycles. The van der Waals surface area contributed by atoms with E-state index in [4.69, 9.17) is 9.47 Å². The fourth-order valence-corrected chi connectivity index (χ4v) is 3.85. The first-order valence-corrected chi connectivity index (χ1v) is 8.96. The molecule has 0 spiro atoms. The highest BCUT2D eigenvalue weighted by atomic mass is 19.4. The van der Waals surface area contributed by atoms with Crippen LogP contribution in [-0.2, 0) is 6.18 Å². The first-order chi connectivity index (χ1) is 13.5. The molecule has 0 radical (unpaired) electrons. The lowest BCUT2D eigenvalue weighted by Crippen LogP contribution is -2.27. The van der Waals surface area contributed by atoms with Gasteiger partial charge in [0.15, 0.2) is 23.0 Å². The summed E-state index contributed by atoms with van der Waals surface area (Å²) in [5.74, 6) is 0.312. The highest BCUT2D eigenvalue weighted by Crippen LogP contribution is 2.45. The molecule has 2 aromatic heterocycles. The van der Waals surface area contributed by atoms with Crippen LogP contribution in [0.4, 0.5) is 19.0 Å². The lowest BCUT2D eigenvalue weighted by Gasteiger charge is -2.30. The summed E-state index contributed by atoms with van der Waals surface area (Å²) in [6, 6.07) is 5.44. The van der Waals surface area contributed by atoms with Gasteiger partial charge in [0, 0.05) is 12.1 Å². The molecule has 1 saturated heterocycles. The molecule has 5 rings (SSSR count). The molecule has 2 aliphatic heterocycles. The van der Waals surface area contributed by atoms with E-state index >= 15 is 0 Å². The van der Waals surface area contributed by atoms with E-state index in [0.717, 1.165) is 18.4 Å².